The van der Waals surface area contributed by atoms with E-state index in [1.807, 2.05) is 17.9 Å². The van der Waals surface area contributed by atoms with Crippen molar-refractivity contribution in [1.29, 1.82) is 5.26 Å². The summed E-state index contributed by atoms with van der Waals surface area (Å²) in [6.07, 6.45) is 1.73. The minimum Gasteiger partial charge on any atom is -0.378 e. The minimum absolute atomic E-state index is 0.0399. The van der Waals surface area contributed by atoms with Crippen molar-refractivity contribution >= 4 is 11.7 Å². The number of hydrogen-bond acceptors (Lipinski definition) is 5. The summed E-state index contributed by atoms with van der Waals surface area (Å²) >= 11 is 0. The smallest absolute Gasteiger partial charge is 0.227 e. The molecule has 0 aromatic carbocycles. The van der Waals surface area contributed by atoms with E-state index in [4.69, 9.17) is 4.74 Å². The lowest BCUT2D eigenvalue weighted by Gasteiger charge is -2.30. The molecule has 0 N–H and O–H groups in total. The average molecular weight is 314 g/mol. The number of aryl methyl sites for hydroxylation is 1. The van der Waals surface area contributed by atoms with Gasteiger partial charge in [-0.05, 0) is 24.5 Å². The van der Waals surface area contributed by atoms with E-state index in [1.165, 1.54) is 0 Å². The number of nitriles is 1. The number of morpholine rings is 1. The van der Waals surface area contributed by atoms with Crippen molar-refractivity contribution in [2.45, 2.75) is 13.8 Å². The van der Waals surface area contributed by atoms with Gasteiger partial charge in [-0.1, -0.05) is 6.92 Å². The highest BCUT2D eigenvalue weighted by Crippen LogP contribution is 2.31. The molecule has 0 radical (unpaired) electrons. The molecule has 1 aromatic heterocycles. The zero-order chi connectivity index (χ0) is 16.4. The largest absolute Gasteiger partial charge is 0.378 e. The first-order valence-electron chi connectivity index (χ1n) is 8.09. The molecule has 2 aliphatic heterocycles. The van der Waals surface area contributed by atoms with Crippen LogP contribution in [-0.2, 0) is 9.53 Å². The van der Waals surface area contributed by atoms with Gasteiger partial charge in [0, 0.05) is 32.4 Å². The zero-order valence-electron chi connectivity index (χ0n) is 13.7. The molecule has 2 fully saturated rings. The summed E-state index contributed by atoms with van der Waals surface area (Å²) in [5, 5.41) is 9.40. The lowest BCUT2D eigenvalue weighted by molar-refractivity contribution is -0.140. The number of pyridine rings is 1. The Bertz CT molecular complexity index is 634. The highest BCUT2D eigenvalue weighted by atomic mass is 16.5. The second kappa shape index (κ2) is 6.55. The summed E-state index contributed by atoms with van der Waals surface area (Å²) in [6, 6.07) is 4.09. The van der Waals surface area contributed by atoms with Gasteiger partial charge in [-0.15, -0.1) is 0 Å². The van der Waals surface area contributed by atoms with Gasteiger partial charge in [0.2, 0.25) is 5.91 Å². The number of amides is 1. The molecule has 6 nitrogen and oxygen atoms in total. The summed E-state index contributed by atoms with van der Waals surface area (Å²) in [7, 11) is 0. The summed E-state index contributed by atoms with van der Waals surface area (Å²) in [5.74, 6) is 1.12. The predicted molar refractivity (Wildman–Crippen MR) is 86.0 cm³/mol. The molecule has 0 aliphatic carbocycles. The maximum atomic E-state index is 12.8. The first kappa shape index (κ1) is 15.8. The number of carbonyl (C=O) groups excluding carboxylic acids is 1. The molecule has 122 valence electrons. The summed E-state index contributed by atoms with van der Waals surface area (Å²) in [5.41, 5.74) is 1.53. The Morgan fingerprint density at radius 1 is 1.39 bits per heavy atom. The highest BCUT2D eigenvalue weighted by Gasteiger charge is 2.38. The van der Waals surface area contributed by atoms with E-state index in [9.17, 15) is 10.1 Å². The maximum absolute atomic E-state index is 12.8. The Hall–Kier alpha value is -2.13. The lowest BCUT2D eigenvalue weighted by atomic mass is 9.96. The third kappa shape index (κ3) is 3.02. The van der Waals surface area contributed by atoms with Crippen LogP contribution in [0.2, 0.25) is 0 Å². The fraction of sp³-hybridized carbons (Fsp3) is 0.588. The van der Waals surface area contributed by atoms with Crippen LogP contribution in [0.5, 0.6) is 0 Å². The molecule has 3 rings (SSSR count). The number of aromatic nitrogens is 1. The average Bonchev–Trinajstić information content (AvgIpc) is 2.96. The van der Waals surface area contributed by atoms with Gasteiger partial charge in [0.15, 0.2) is 0 Å². The van der Waals surface area contributed by atoms with Gasteiger partial charge in [-0.3, -0.25) is 4.79 Å². The second-order valence-corrected chi connectivity index (χ2v) is 6.36. The van der Waals surface area contributed by atoms with Crippen molar-refractivity contribution < 1.29 is 9.53 Å². The molecule has 2 saturated heterocycles. The Morgan fingerprint density at radius 3 is 2.83 bits per heavy atom. The molecule has 0 spiro atoms. The van der Waals surface area contributed by atoms with Gasteiger partial charge in [-0.25, -0.2) is 4.98 Å². The molecule has 0 saturated carbocycles. The van der Waals surface area contributed by atoms with Gasteiger partial charge in [0.1, 0.15) is 11.9 Å². The molecule has 0 unspecified atom stereocenters. The van der Waals surface area contributed by atoms with Crippen molar-refractivity contribution in [2.75, 3.05) is 44.3 Å². The summed E-state index contributed by atoms with van der Waals surface area (Å²) < 4.78 is 5.32. The van der Waals surface area contributed by atoms with Crippen molar-refractivity contribution in [3.05, 3.63) is 23.4 Å². The van der Waals surface area contributed by atoms with Gasteiger partial charge < -0.3 is 14.5 Å². The molecule has 23 heavy (non-hydrogen) atoms. The van der Waals surface area contributed by atoms with E-state index in [2.05, 4.69) is 22.9 Å². The van der Waals surface area contributed by atoms with Crippen molar-refractivity contribution in [2.24, 2.45) is 11.8 Å². The van der Waals surface area contributed by atoms with E-state index in [0.717, 1.165) is 12.1 Å². The van der Waals surface area contributed by atoms with Gasteiger partial charge in [0.25, 0.3) is 0 Å². The highest BCUT2D eigenvalue weighted by molar-refractivity contribution is 5.81. The van der Waals surface area contributed by atoms with Crippen LogP contribution in [0.3, 0.4) is 0 Å². The molecule has 6 heteroatoms. The van der Waals surface area contributed by atoms with Crippen LogP contribution in [0.15, 0.2) is 12.3 Å². The molecule has 2 aliphatic rings. The molecule has 1 amide bonds. The van der Waals surface area contributed by atoms with Gasteiger partial charge >= 0.3 is 0 Å². The molecule has 0 bridgehead atoms. The fourth-order valence-electron chi connectivity index (χ4n) is 3.40. The predicted octanol–water partition coefficient (Wildman–Crippen LogP) is 1.19. The number of carbonyl (C=O) groups is 1. The Morgan fingerprint density at radius 2 is 2.13 bits per heavy atom. The molecule has 2 atom stereocenters. The van der Waals surface area contributed by atoms with E-state index < -0.39 is 0 Å². The van der Waals surface area contributed by atoms with Crippen LogP contribution in [0.1, 0.15) is 18.1 Å². The first-order valence-corrected chi connectivity index (χ1v) is 8.09. The zero-order valence-corrected chi connectivity index (χ0v) is 13.7. The number of rotatable bonds is 2. The Labute approximate surface area is 136 Å². The molecule has 1 aromatic rings. The van der Waals surface area contributed by atoms with E-state index >= 15 is 0 Å². The molecular formula is C17H22N4O2. The van der Waals surface area contributed by atoms with E-state index in [-0.39, 0.29) is 17.7 Å². The summed E-state index contributed by atoms with van der Waals surface area (Å²) in [4.78, 5) is 21.1. The van der Waals surface area contributed by atoms with Crippen LogP contribution < -0.4 is 4.90 Å². The second-order valence-electron chi connectivity index (χ2n) is 6.36. The number of anilines is 1. The fourth-order valence-corrected chi connectivity index (χ4v) is 3.40. The van der Waals surface area contributed by atoms with Crippen LogP contribution in [-0.4, -0.2) is 55.2 Å². The Balaban J connectivity index is 1.77. The van der Waals surface area contributed by atoms with Crippen LogP contribution in [0.25, 0.3) is 0 Å². The maximum Gasteiger partial charge on any atom is 0.227 e. The third-order valence-electron chi connectivity index (χ3n) is 4.80. The molecular weight excluding hydrogens is 292 g/mol. The van der Waals surface area contributed by atoms with E-state index in [0.29, 0.717) is 44.2 Å². The van der Waals surface area contributed by atoms with Crippen LogP contribution in [0.4, 0.5) is 5.82 Å². The third-order valence-corrected chi connectivity index (χ3v) is 4.80. The van der Waals surface area contributed by atoms with Crippen molar-refractivity contribution in [3.63, 3.8) is 0 Å². The number of ether oxygens (including phenoxy) is 1. The number of hydrogen-bond donors (Lipinski definition) is 0. The minimum atomic E-state index is -0.0399. The SMILES string of the molecule is Cc1ccnc(N2C[C@@H](C)[C@H](C(=O)N3CCOCC3)C2)c1C#N. The quantitative estimate of drug-likeness (QED) is 0.820. The Kier molecular flexibility index (Phi) is 4.49. The van der Waals surface area contributed by atoms with Crippen molar-refractivity contribution in [1.82, 2.24) is 9.88 Å². The summed E-state index contributed by atoms with van der Waals surface area (Å²) in [6.45, 7) is 7.99. The van der Waals surface area contributed by atoms with Crippen LogP contribution >= 0.6 is 0 Å². The van der Waals surface area contributed by atoms with Crippen LogP contribution in [0, 0.1) is 30.1 Å². The number of nitrogens with zero attached hydrogens (tertiary/aromatic N) is 4. The monoisotopic (exact) mass is 314 g/mol. The van der Waals surface area contributed by atoms with Gasteiger partial charge in [-0.2, -0.15) is 5.26 Å². The van der Waals surface area contributed by atoms with E-state index in [1.54, 1.807) is 6.20 Å². The standard InChI is InChI=1S/C17H22N4O2/c1-12-3-4-19-16(14(12)9-18)21-10-13(2)15(11-21)17(22)20-5-7-23-8-6-20/h3-4,13,15H,5-8,10-11H2,1-2H3/t13-,15-/m1/s1. The first-order chi connectivity index (χ1) is 11.1. The lowest BCUT2D eigenvalue weighted by Crippen LogP contribution is -2.45. The topological polar surface area (TPSA) is 69.5 Å². The van der Waals surface area contributed by atoms with Crippen molar-refractivity contribution in [3.8, 4) is 6.07 Å². The normalized spacial score (nSPS) is 24.6. The van der Waals surface area contributed by atoms with Gasteiger partial charge in [0.05, 0.1) is 24.7 Å². The molecule has 3 heterocycles.